The van der Waals surface area contributed by atoms with Gasteiger partial charge in [0.25, 0.3) is 5.91 Å². The van der Waals surface area contributed by atoms with Crippen molar-refractivity contribution in [1.29, 1.82) is 0 Å². The van der Waals surface area contributed by atoms with Crippen molar-refractivity contribution in [3.05, 3.63) is 71.7 Å². The topological polar surface area (TPSA) is 73.2 Å². The Kier molecular flexibility index (Phi) is 5.03. The second-order valence-corrected chi connectivity index (χ2v) is 6.56. The molecule has 1 aliphatic heterocycles. The molecule has 7 nitrogen and oxygen atoms in total. The molecule has 0 saturated heterocycles. The molecule has 1 N–H and O–H groups in total. The number of carbonyl (C=O) groups excluding carboxylic acids is 1. The van der Waals surface area contributed by atoms with Gasteiger partial charge in [-0.25, -0.2) is 0 Å². The summed E-state index contributed by atoms with van der Waals surface area (Å²) in [6.45, 7) is 0.314. The highest BCUT2D eigenvalue weighted by atomic mass is 16.5. The van der Waals surface area contributed by atoms with Gasteiger partial charge in [0.2, 0.25) is 5.75 Å². The quantitative estimate of drug-likeness (QED) is 0.679. The van der Waals surface area contributed by atoms with Gasteiger partial charge in [0, 0.05) is 11.3 Å². The van der Waals surface area contributed by atoms with Crippen LogP contribution in [0.15, 0.2) is 59.2 Å². The maximum absolute atomic E-state index is 13.3. The normalized spacial score (nSPS) is 15.5. The molecule has 150 valence electrons. The number of anilines is 1. The van der Waals surface area contributed by atoms with Gasteiger partial charge in [-0.15, -0.1) is 0 Å². The maximum Gasteiger partial charge on any atom is 0.258 e. The number of methoxy groups -OCH3 is 3. The van der Waals surface area contributed by atoms with Crippen molar-refractivity contribution < 1.29 is 23.4 Å². The first-order valence-electron chi connectivity index (χ1n) is 9.15. The Morgan fingerprint density at radius 2 is 1.72 bits per heavy atom. The van der Waals surface area contributed by atoms with E-state index < -0.39 is 6.17 Å². The number of nitrogens with one attached hydrogen (secondary N) is 1. The monoisotopic (exact) mass is 394 g/mol. The zero-order valence-electron chi connectivity index (χ0n) is 16.5. The van der Waals surface area contributed by atoms with E-state index in [-0.39, 0.29) is 5.91 Å². The Labute approximate surface area is 168 Å². The molecule has 1 aliphatic rings. The van der Waals surface area contributed by atoms with E-state index in [9.17, 15) is 4.79 Å². The second-order valence-electron chi connectivity index (χ2n) is 6.56. The molecule has 0 aliphatic carbocycles. The van der Waals surface area contributed by atoms with Gasteiger partial charge in [-0.2, -0.15) is 0 Å². The predicted molar refractivity (Wildman–Crippen MR) is 107 cm³/mol. The van der Waals surface area contributed by atoms with Crippen molar-refractivity contribution in [3.8, 4) is 17.2 Å². The van der Waals surface area contributed by atoms with Gasteiger partial charge in [-0.1, -0.05) is 12.1 Å². The first-order valence-corrected chi connectivity index (χ1v) is 9.15. The summed E-state index contributed by atoms with van der Waals surface area (Å²) in [5.41, 5.74) is 2.18. The zero-order valence-corrected chi connectivity index (χ0v) is 16.5. The lowest BCUT2D eigenvalue weighted by Gasteiger charge is -2.38. The maximum atomic E-state index is 13.3. The first kappa shape index (κ1) is 18.7. The van der Waals surface area contributed by atoms with Crippen LogP contribution in [0.4, 0.5) is 5.69 Å². The van der Waals surface area contributed by atoms with Gasteiger partial charge in [0.05, 0.1) is 39.7 Å². The Balaban J connectivity index is 1.82. The van der Waals surface area contributed by atoms with E-state index in [1.54, 1.807) is 38.6 Å². The molecule has 2 aromatic carbocycles. The fraction of sp³-hybridized carbons (Fsp3) is 0.227. The molecular formula is C22H22N2O5. The minimum Gasteiger partial charge on any atom is -0.493 e. The molecular weight excluding hydrogens is 372 g/mol. The number of hydrogen-bond donors (Lipinski definition) is 1. The number of amides is 1. The molecule has 1 aromatic heterocycles. The van der Waals surface area contributed by atoms with Crippen molar-refractivity contribution in [2.75, 3.05) is 26.6 Å². The summed E-state index contributed by atoms with van der Waals surface area (Å²) in [4.78, 5) is 15.0. The molecule has 0 bridgehead atoms. The molecule has 2 heterocycles. The predicted octanol–water partition coefficient (Wildman–Crippen LogP) is 4.07. The third kappa shape index (κ3) is 3.35. The second kappa shape index (κ2) is 7.79. The van der Waals surface area contributed by atoms with Crippen molar-refractivity contribution in [1.82, 2.24) is 4.90 Å². The molecule has 0 spiro atoms. The molecule has 7 heteroatoms. The number of para-hydroxylation sites is 1. The molecule has 29 heavy (non-hydrogen) atoms. The molecule has 0 fully saturated rings. The molecule has 0 radical (unpaired) electrons. The van der Waals surface area contributed by atoms with Crippen molar-refractivity contribution in [2.45, 2.75) is 12.7 Å². The number of nitrogens with zero attached hydrogens (tertiary/aromatic N) is 1. The standard InChI is InChI=1S/C22H22N2O5/c1-26-18-11-14(12-19(27-2)20(18)28-3)21-23-17-9-5-4-8-16(17)22(25)24(21)13-15-7-6-10-29-15/h4-12,21,23H,13H2,1-3H3/t21-/m0/s1. The Bertz CT molecular complexity index is 991. The van der Waals surface area contributed by atoms with Gasteiger partial charge in [-0.3, -0.25) is 4.79 Å². The average molecular weight is 394 g/mol. The number of hydrogen-bond acceptors (Lipinski definition) is 6. The molecule has 3 aromatic rings. The number of rotatable bonds is 6. The highest BCUT2D eigenvalue weighted by molar-refractivity contribution is 6.01. The van der Waals surface area contributed by atoms with Crippen LogP contribution in [0.2, 0.25) is 0 Å². The van der Waals surface area contributed by atoms with Gasteiger partial charge >= 0.3 is 0 Å². The minimum absolute atomic E-state index is 0.0884. The van der Waals surface area contributed by atoms with E-state index in [4.69, 9.17) is 18.6 Å². The van der Waals surface area contributed by atoms with Crippen LogP contribution in [0.3, 0.4) is 0 Å². The number of furan rings is 1. The number of carbonyl (C=O) groups is 1. The number of ether oxygens (including phenoxy) is 3. The van der Waals surface area contributed by atoms with E-state index in [2.05, 4.69) is 5.32 Å². The van der Waals surface area contributed by atoms with Gasteiger partial charge < -0.3 is 28.8 Å². The Morgan fingerprint density at radius 1 is 1.00 bits per heavy atom. The Morgan fingerprint density at radius 3 is 2.34 bits per heavy atom. The molecule has 1 amide bonds. The summed E-state index contributed by atoms with van der Waals surface area (Å²) in [6, 6.07) is 14.8. The first-order chi connectivity index (χ1) is 14.2. The summed E-state index contributed by atoms with van der Waals surface area (Å²) in [6.07, 6.45) is 1.15. The van der Waals surface area contributed by atoms with Crippen LogP contribution in [-0.2, 0) is 6.54 Å². The van der Waals surface area contributed by atoms with Crippen LogP contribution in [0.1, 0.15) is 27.8 Å². The van der Waals surface area contributed by atoms with Crippen LogP contribution in [0.25, 0.3) is 0 Å². The van der Waals surface area contributed by atoms with Crippen LogP contribution in [0.5, 0.6) is 17.2 Å². The van der Waals surface area contributed by atoms with Gasteiger partial charge in [-0.05, 0) is 36.4 Å². The fourth-order valence-corrected chi connectivity index (χ4v) is 3.55. The Hall–Kier alpha value is -3.61. The van der Waals surface area contributed by atoms with E-state index in [1.165, 1.54) is 0 Å². The molecule has 0 saturated carbocycles. The smallest absolute Gasteiger partial charge is 0.258 e. The summed E-state index contributed by atoms with van der Waals surface area (Å²) in [5, 5.41) is 3.46. The number of fused-ring (bicyclic) bond motifs is 1. The largest absolute Gasteiger partial charge is 0.493 e. The van der Waals surface area contributed by atoms with Crippen LogP contribution in [0, 0.1) is 0 Å². The van der Waals surface area contributed by atoms with Crippen molar-refractivity contribution in [2.24, 2.45) is 0 Å². The summed E-state index contributed by atoms with van der Waals surface area (Å²) in [5.74, 6) is 2.14. The van der Waals surface area contributed by atoms with Gasteiger partial charge in [0.15, 0.2) is 11.5 Å². The molecule has 0 unspecified atom stereocenters. The van der Waals surface area contributed by atoms with Crippen LogP contribution >= 0.6 is 0 Å². The van der Waals surface area contributed by atoms with E-state index >= 15 is 0 Å². The zero-order chi connectivity index (χ0) is 20.4. The van der Waals surface area contributed by atoms with Crippen molar-refractivity contribution in [3.63, 3.8) is 0 Å². The lowest BCUT2D eigenvalue weighted by Crippen LogP contribution is -2.42. The van der Waals surface area contributed by atoms with E-state index in [1.807, 2.05) is 42.5 Å². The number of benzene rings is 2. The lowest BCUT2D eigenvalue weighted by atomic mass is 10.0. The third-order valence-corrected chi connectivity index (χ3v) is 4.93. The fourth-order valence-electron chi connectivity index (χ4n) is 3.55. The third-order valence-electron chi connectivity index (χ3n) is 4.93. The highest BCUT2D eigenvalue weighted by Gasteiger charge is 2.34. The average Bonchev–Trinajstić information content (AvgIpc) is 3.27. The van der Waals surface area contributed by atoms with Crippen LogP contribution in [-0.4, -0.2) is 32.1 Å². The lowest BCUT2D eigenvalue weighted by molar-refractivity contribution is 0.0651. The SMILES string of the molecule is COc1cc([C@H]2Nc3ccccc3C(=O)N2Cc2ccco2)cc(OC)c1OC. The van der Waals surface area contributed by atoms with Crippen LogP contribution < -0.4 is 19.5 Å². The van der Waals surface area contributed by atoms with E-state index in [0.29, 0.717) is 35.1 Å². The molecule has 1 atom stereocenters. The molecule has 4 rings (SSSR count). The van der Waals surface area contributed by atoms with E-state index in [0.717, 1.165) is 11.3 Å². The minimum atomic E-state index is -0.448. The van der Waals surface area contributed by atoms with Crippen molar-refractivity contribution >= 4 is 11.6 Å². The van der Waals surface area contributed by atoms with Gasteiger partial charge in [0.1, 0.15) is 11.9 Å². The summed E-state index contributed by atoms with van der Waals surface area (Å²) >= 11 is 0. The highest BCUT2D eigenvalue weighted by Crippen LogP contribution is 2.42. The summed E-state index contributed by atoms with van der Waals surface area (Å²) < 4.78 is 21.9. The summed E-state index contributed by atoms with van der Waals surface area (Å²) in [7, 11) is 4.69.